The van der Waals surface area contributed by atoms with Crippen molar-refractivity contribution in [3.8, 4) is 0 Å². The van der Waals surface area contributed by atoms with Crippen molar-refractivity contribution < 1.29 is 9.18 Å². The van der Waals surface area contributed by atoms with E-state index in [1.807, 2.05) is 6.92 Å². The molecule has 1 N–H and O–H groups in total. The van der Waals surface area contributed by atoms with Gasteiger partial charge in [0, 0.05) is 43.8 Å². The van der Waals surface area contributed by atoms with Crippen LogP contribution in [-0.4, -0.2) is 54.0 Å². The highest BCUT2D eigenvalue weighted by Crippen LogP contribution is 2.21. The molecule has 4 nitrogen and oxygen atoms in total. The van der Waals surface area contributed by atoms with E-state index in [2.05, 4.69) is 15.1 Å². The molecule has 3 rings (SSSR count). The van der Waals surface area contributed by atoms with Crippen LogP contribution in [0.25, 0.3) is 0 Å². The van der Waals surface area contributed by atoms with Gasteiger partial charge in [-0.25, -0.2) is 4.39 Å². The molecular formula is C19H27ClFN3O. The molecule has 1 aliphatic heterocycles. The maximum absolute atomic E-state index is 13.1. The minimum Gasteiger partial charge on any atom is -0.352 e. The monoisotopic (exact) mass is 367 g/mol. The molecule has 6 heteroatoms. The lowest BCUT2D eigenvalue weighted by Crippen LogP contribution is -2.54. The second-order valence-corrected chi connectivity index (χ2v) is 7.62. The van der Waals surface area contributed by atoms with Gasteiger partial charge in [-0.15, -0.1) is 0 Å². The molecule has 25 heavy (non-hydrogen) atoms. The van der Waals surface area contributed by atoms with E-state index in [1.54, 1.807) is 6.07 Å². The molecule has 1 aromatic rings. The van der Waals surface area contributed by atoms with E-state index >= 15 is 0 Å². The van der Waals surface area contributed by atoms with Crippen LogP contribution in [0.3, 0.4) is 0 Å². The quantitative estimate of drug-likeness (QED) is 0.868. The van der Waals surface area contributed by atoms with Crippen LogP contribution in [0.1, 0.15) is 38.2 Å². The van der Waals surface area contributed by atoms with Gasteiger partial charge in [-0.3, -0.25) is 14.6 Å². The van der Waals surface area contributed by atoms with Crippen LogP contribution in [0.4, 0.5) is 4.39 Å². The molecule has 1 amide bonds. The van der Waals surface area contributed by atoms with Gasteiger partial charge in [-0.05, 0) is 37.5 Å². The fraction of sp³-hybridized carbons (Fsp3) is 0.632. The highest BCUT2D eigenvalue weighted by Gasteiger charge is 2.27. The van der Waals surface area contributed by atoms with Gasteiger partial charge in [-0.2, -0.15) is 0 Å². The predicted molar refractivity (Wildman–Crippen MR) is 98.1 cm³/mol. The number of piperazine rings is 1. The number of rotatable bonds is 5. The average molecular weight is 368 g/mol. The molecule has 2 aliphatic rings. The molecule has 1 saturated carbocycles. The summed E-state index contributed by atoms with van der Waals surface area (Å²) in [5.74, 6) is -0.150. The molecule has 1 saturated heterocycles. The Hall–Kier alpha value is -1.17. The topological polar surface area (TPSA) is 35.6 Å². The molecule has 0 radical (unpaired) electrons. The highest BCUT2D eigenvalue weighted by atomic mass is 35.5. The molecule has 1 atom stereocenters. The number of hydrogen-bond acceptors (Lipinski definition) is 3. The van der Waals surface area contributed by atoms with Crippen LogP contribution in [-0.2, 0) is 11.3 Å². The van der Waals surface area contributed by atoms with E-state index < -0.39 is 0 Å². The summed E-state index contributed by atoms with van der Waals surface area (Å²) in [6.45, 7) is 6.20. The average Bonchev–Trinajstić information content (AvgIpc) is 3.10. The number of carbonyl (C=O) groups excluding carboxylic acids is 1. The zero-order valence-corrected chi connectivity index (χ0v) is 15.6. The summed E-state index contributed by atoms with van der Waals surface area (Å²) in [5.41, 5.74) is 0.948. The number of benzene rings is 1. The van der Waals surface area contributed by atoms with Gasteiger partial charge >= 0.3 is 0 Å². The Morgan fingerprint density at radius 2 is 1.96 bits per heavy atom. The number of nitrogens with one attached hydrogen (secondary N) is 1. The van der Waals surface area contributed by atoms with Gasteiger partial charge in [0.1, 0.15) is 5.82 Å². The third-order valence-electron chi connectivity index (χ3n) is 5.44. The number of hydrogen-bond donors (Lipinski definition) is 1. The van der Waals surface area contributed by atoms with Crippen molar-refractivity contribution in [2.24, 2.45) is 0 Å². The lowest BCUT2D eigenvalue weighted by atomic mass is 10.1. The molecule has 1 aromatic carbocycles. The smallest absolute Gasteiger partial charge is 0.237 e. The first-order chi connectivity index (χ1) is 12.0. The number of carbonyl (C=O) groups is 1. The van der Waals surface area contributed by atoms with E-state index in [-0.39, 0.29) is 17.8 Å². The first kappa shape index (κ1) is 18.6. The zero-order valence-electron chi connectivity index (χ0n) is 14.8. The molecule has 138 valence electrons. The molecule has 0 spiro atoms. The van der Waals surface area contributed by atoms with Crippen molar-refractivity contribution >= 4 is 17.5 Å². The summed E-state index contributed by atoms with van der Waals surface area (Å²) in [6.07, 6.45) is 4.68. The molecule has 0 unspecified atom stereocenters. The summed E-state index contributed by atoms with van der Waals surface area (Å²) < 4.78 is 13.1. The predicted octanol–water partition coefficient (Wildman–Crippen LogP) is 3.04. The summed E-state index contributed by atoms with van der Waals surface area (Å²) in [4.78, 5) is 17.0. The normalized spacial score (nSPS) is 21.4. The van der Waals surface area contributed by atoms with Crippen molar-refractivity contribution in [2.45, 2.75) is 51.2 Å². The third kappa shape index (κ3) is 4.93. The Morgan fingerprint density at radius 1 is 1.28 bits per heavy atom. The molecule has 2 fully saturated rings. The third-order valence-corrected chi connectivity index (χ3v) is 5.80. The summed E-state index contributed by atoms with van der Waals surface area (Å²) in [5, 5.41) is 3.67. The van der Waals surface area contributed by atoms with Gasteiger partial charge in [0.05, 0.1) is 6.04 Å². The van der Waals surface area contributed by atoms with Gasteiger partial charge in [0.15, 0.2) is 0 Å². The fourth-order valence-electron chi connectivity index (χ4n) is 3.76. The fourth-order valence-corrected chi connectivity index (χ4v) is 3.98. The number of nitrogens with zero attached hydrogens (tertiary/aromatic N) is 2. The van der Waals surface area contributed by atoms with Crippen molar-refractivity contribution in [3.63, 3.8) is 0 Å². The van der Waals surface area contributed by atoms with Gasteiger partial charge in [0.25, 0.3) is 0 Å². The summed E-state index contributed by atoms with van der Waals surface area (Å²) >= 11 is 6.12. The first-order valence-electron chi connectivity index (χ1n) is 9.23. The Morgan fingerprint density at radius 3 is 2.60 bits per heavy atom. The Labute approximate surface area is 154 Å². The Bertz CT molecular complexity index is 598. The SMILES string of the molecule is C[C@H](C(=O)NC1CCCC1)N1CCN(Cc2ccc(F)cc2Cl)CC1. The molecule has 0 aromatic heterocycles. The van der Waals surface area contributed by atoms with Crippen LogP contribution in [0.5, 0.6) is 0 Å². The zero-order chi connectivity index (χ0) is 17.8. The Balaban J connectivity index is 1.46. The van der Waals surface area contributed by atoms with Crippen molar-refractivity contribution in [1.29, 1.82) is 0 Å². The number of amides is 1. The lowest BCUT2D eigenvalue weighted by molar-refractivity contribution is -0.127. The lowest BCUT2D eigenvalue weighted by Gasteiger charge is -2.37. The van der Waals surface area contributed by atoms with Gasteiger partial charge in [-0.1, -0.05) is 30.5 Å². The summed E-state index contributed by atoms with van der Waals surface area (Å²) in [7, 11) is 0. The highest BCUT2D eigenvalue weighted by molar-refractivity contribution is 6.31. The molecule has 0 bridgehead atoms. The van der Waals surface area contributed by atoms with E-state index in [9.17, 15) is 9.18 Å². The van der Waals surface area contributed by atoms with Gasteiger partial charge < -0.3 is 5.32 Å². The van der Waals surface area contributed by atoms with Crippen LogP contribution < -0.4 is 5.32 Å². The molecule has 1 aliphatic carbocycles. The largest absolute Gasteiger partial charge is 0.352 e. The van der Waals surface area contributed by atoms with Crippen molar-refractivity contribution in [1.82, 2.24) is 15.1 Å². The minimum atomic E-state index is -0.305. The maximum Gasteiger partial charge on any atom is 0.237 e. The van der Waals surface area contributed by atoms with Crippen molar-refractivity contribution in [3.05, 3.63) is 34.6 Å². The standard InChI is InChI=1S/C19H27ClFN3O/c1-14(19(25)22-17-4-2-3-5-17)24-10-8-23(9-11-24)13-15-6-7-16(21)12-18(15)20/h6-7,12,14,17H,2-5,8-11,13H2,1H3,(H,22,25)/t14-/m1/s1. The van der Waals surface area contributed by atoms with Crippen LogP contribution >= 0.6 is 11.6 Å². The minimum absolute atomic E-state index is 0.0860. The van der Waals surface area contributed by atoms with Gasteiger partial charge in [0.2, 0.25) is 5.91 Å². The van der Waals surface area contributed by atoms with Crippen molar-refractivity contribution in [2.75, 3.05) is 26.2 Å². The summed E-state index contributed by atoms with van der Waals surface area (Å²) in [6, 6.07) is 4.85. The second-order valence-electron chi connectivity index (χ2n) is 7.21. The molecule has 1 heterocycles. The van der Waals surface area contributed by atoms with E-state index in [4.69, 9.17) is 11.6 Å². The van der Waals surface area contributed by atoms with Crippen LogP contribution in [0, 0.1) is 5.82 Å². The van der Waals surface area contributed by atoms with Crippen LogP contribution in [0.2, 0.25) is 5.02 Å². The van der Waals surface area contributed by atoms with E-state index in [0.717, 1.165) is 51.1 Å². The first-order valence-corrected chi connectivity index (χ1v) is 9.61. The van der Waals surface area contributed by atoms with E-state index in [1.165, 1.54) is 25.0 Å². The maximum atomic E-state index is 13.1. The number of halogens is 2. The second kappa shape index (κ2) is 8.47. The molecular weight excluding hydrogens is 341 g/mol. The Kier molecular flexibility index (Phi) is 6.31. The van der Waals surface area contributed by atoms with E-state index in [0.29, 0.717) is 11.1 Å². The van der Waals surface area contributed by atoms with Crippen LogP contribution in [0.15, 0.2) is 18.2 Å².